The molecule has 1 spiro atoms. The van der Waals surface area contributed by atoms with Crippen LogP contribution >= 0.6 is 23.5 Å². The molecule has 0 bridgehead atoms. The zero-order chi connectivity index (χ0) is 22.5. The van der Waals surface area contributed by atoms with Crippen LogP contribution in [0, 0.1) is 11.3 Å². The molecule has 1 saturated carbocycles. The second-order valence-electron chi connectivity index (χ2n) is 7.62. The molecule has 7 nitrogen and oxygen atoms in total. The van der Waals surface area contributed by atoms with Gasteiger partial charge in [0.05, 0.1) is 22.7 Å². The number of allylic oxidation sites excluding steroid dienone is 1. The molecular weight excluding hydrogens is 459 g/mol. The van der Waals surface area contributed by atoms with Crippen LogP contribution in [0.3, 0.4) is 0 Å². The number of hydrogen-bond acceptors (Lipinski definition) is 9. The summed E-state index contributed by atoms with van der Waals surface area (Å²) in [7, 11) is 0. The third kappa shape index (κ3) is 3.92. The lowest BCUT2D eigenvalue weighted by Crippen LogP contribution is -2.37. The van der Waals surface area contributed by atoms with Gasteiger partial charge in [-0.2, -0.15) is 18.4 Å². The van der Waals surface area contributed by atoms with E-state index in [2.05, 4.69) is 21.2 Å². The molecule has 1 aliphatic carbocycles. The fourth-order valence-electron chi connectivity index (χ4n) is 3.45. The van der Waals surface area contributed by atoms with Crippen LogP contribution in [0.1, 0.15) is 42.0 Å². The van der Waals surface area contributed by atoms with E-state index in [4.69, 9.17) is 4.99 Å². The van der Waals surface area contributed by atoms with E-state index in [1.54, 1.807) is 5.01 Å². The third-order valence-electron chi connectivity index (χ3n) is 5.31. The summed E-state index contributed by atoms with van der Waals surface area (Å²) in [5.74, 6) is 1.01. The molecule has 2 aromatic rings. The smallest absolute Gasteiger partial charge is 0.306 e. The number of benzene rings is 1. The van der Waals surface area contributed by atoms with Crippen LogP contribution in [-0.4, -0.2) is 14.6 Å². The quantitative estimate of drug-likeness (QED) is 0.674. The number of alkyl halides is 3. The molecule has 3 aliphatic rings. The van der Waals surface area contributed by atoms with Crippen molar-refractivity contribution in [3.63, 3.8) is 0 Å². The Morgan fingerprint density at radius 1 is 1.28 bits per heavy atom. The lowest BCUT2D eigenvalue weighted by Gasteiger charge is -2.23. The Hall–Kier alpha value is -2.75. The number of aliphatic imine (C=N–C) groups is 1. The molecular formula is C20H16F3N7S2. The number of aromatic nitrogens is 2. The molecule has 2 aliphatic heterocycles. The number of rotatable bonds is 3. The van der Waals surface area contributed by atoms with Crippen molar-refractivity contribution < 1.29 is 13.2 Å². The first-order valence-corrected chi connectivity index (χ1v) is 11.5. The molecule has 12 heteroatoms. The van der Waals surface area contributed by atoms with Crippen molar-refractivity contribution in [1.29, 1.82) is 5.26 Å². The monoisotopic (exact) mass is 475 g/mol. The van der Waals surface area contributed by atoms with Crippen LogP contribution in [-0.2, 0) is 17.5 Å². The van der Waals surface area contributed by atoms with Crippen molar-refractivity contribution in [2.45, 2.75) is 42.3 Å². The number of halogens is 3. The van der Waals surface area contributed by atoms with Crippen LogP contribution in [0.25, 0.3) is 0 Å². The highest BCUT2D eigenvalue weighted by Gasteiger charge is 2.49. The largest absolute Gasteiger partial charge is 0.416 e. The normalized spacial score (nSPS) is 18.5. The molecule has 0 saturated heterocycles. The predicted octanol–water partition coefficient (Wildman–Crippen LogP) is 4.44. The Bertz CT molecular complexity index is 1200. The Labute approximate surface area is 190 Å². The number of nitrogens with zero attached hydrogens (tertiary/aromatic N) is 5. The van der Waals surface area contributed by atoms with E-state index in [1.165, 1.54) is 29.6 Å². The molecule has 1 aromatic carbocycles. The van der Waals surface area contributed by atoms with E-state index in [9.17, 15) is 18.4 Å². The molecule has 3 heterocycles. The van der Waals surface area contributed by atoms with Crippen molar-refractivity contribution >= 4 is 33.7 Å². The Morgan fingerprint density at radius 3 is 2.75 bits per heavy atom. The van der Waals surface area contributed by atoms with Gasteiger partial charge in [0, 0.05) is 23.2 Å². The molecule has 32 heavy (non-hydrogen) atoms. The van der Waals surface area contributed by atoms with E-state index in [1.807, 2.05) is 25.3 Å². The number of anilines is 1. The lowest BCUT2D eigenvalue weighted by atomic mass is 10.1. The second kappa shape index (κ2) is 7.68. The van der Waals surface area contributed by atoms with Gasteiger partial charge in [0.25, 0.3) is 0 Å². The van der Waals surface area contributed by atoms with E-state index >= 15 is 0 Å². The van der Waals surface area contributed by atoms with Gasteiger partial charge in [0.1, 0.15) is 9.40 Å². The highest BCUT2D eigenvalue weighted by molar-refractivity contribution is 8.38. The molecule has 0 radical (unpaired) electrons. The van der Waals surface area contributed by atoms with Crippen LogP contribution in [0.15, 0.2) is 46.2 Å². The van der Waals surface area contributed by atoms with E-state index in [0.717, 1.165) is 45.6 Å². The standard InChI is InChI=1S/C20H16F3N7S2/c1-11-9-30(29-26-11)16-7-15-17(28-27-16)32-18(25-19(15)4-5-19)31-10-12-2-3-14(20(21,22)23)6-13(12)8-24/h2-3,6-7,9,26,29H,4-5,10H2,1H3. The first-order chi connectivity index (χ1) is 15.3. The van der Waals surface area contributed by atoms with Gasteiger partial charge in [-0.3, -0.25) is 4.99 Å². The summed E-state index contributed by atoms with van der Waals surface area (Å²) < 4.78 is 39.6. The van der Waals surface area contributed by atoms with Gasteiger partial charge in [0.15, 0.2) is 5.82 Å². The molecule has 0 unspecified atom stereocenters. The predicted molar refractivity (Wildman–Crippen MR) is 116 cm³/mol. The number of hydrogen-bond donors (Lipinski definition) is 2. The minimum Gasteiger partial charge on any atom is -0.306 e. The maximum absolute atomic E-state index is 12.9. The average molecular weight is 476 g/mol. The topological polar surface area (TPSA) is 89.2 Å². The molecule has 0 amide bonds. The molecule has 1 fully saturated rings. The van der Waals surface area contributed by atoms with Crippen LogP contribution in [0.5, 0.6) is 0 Å². The van der Waals surface area contributed by atoms with Gasteiger partial charge in [-0.1, -0.05) is 17.8 Å². The zero-order valence-corrected chi connectivity index (χ0v) is 18.3. The number of nitriles is 1. The van der Waals surface area contributed by atoms with E-state index < -0.39 is 11.7 Å². The minimum absolute atomic E-state index is 0.0229. The average Bonchev–Trinajstić information content (AvgIpc) is 3.40. The lowest BCUT2D eigenvalue weighted by molar-refractivity contribution is -0.137. The van der Waals surface area contributed by atoms with Crippen molar-refractivity contribution in [1.82, 2.24) is 21.2 Å². The molecule has 2 N–H and O–H groups in total. The number of thioether (sulfide) groups is 2. The highest BCUT2D eigenvalue weighted by atomic mass is 32.2. The van der Waals surface area contributed by atoms with Crippen LogP contribution in [0.2, 0.25) is 0 Å². The molecule has 5 rings (SSSR count). The zero-order valence-electron chi connectivity index (χ0n) is 16.7. The van der Waals surface area contributed by atoms with Gasteiger partial charge in [-0.25, -0.2) is 5.01 Å². The van der Waals surface area contributed by atoms with Gasteiger partial charge in [-0.05, 0) is 55.3 Å². The van der Waals surface area contributed by atoms with Crippen molar-refractivity contribution in [3.8, 4) is 6.07 Å². The fraction of sp³-hybridized carbons (Fsp3) is 0.300. The SMILES string of the molecule is CC1=CN(c2cc3c(nn2)SC(SCc2ccc(C(F)(F)F)cc2C#N)=NC32CC2)NN1. The highest BCUT2D eigenvalue weighted by Crippen LogP contribution is 2.56. The molecule has 164 valence electrons. The number of nitrogens with one attached hydrogen (secondary N) is 2. The van der Waals surface area contributed by atoms with E-state index in [-0.39, 0.29) is 11.1 Å². The number of hydrazine groups is 2. The van der Waals surface area contributed by atoms with E-state index in [0.29, 0.717) is 17.1 Å². The minimum atomic E-state index is -4.48. The number of fused-ring (bicyclic) bond motifs is 2. The van der Waals surface area contributed by atoms with Crippen LogP contribution in [0.4, 0.5) is 19.0 Å². The summed E-state index contributed by atoms with van der Waals surface area (Å²) in [6.45, 7) is 1.93. The first-order valence-electron chi connectivity index (χ1n) is 9.66. The van der Waals surface area contributed by atoms with Crippen LogP contribution < -0.4 is 16.0 Å². The summed E-state index contributed by atoms with van der Waals surface area (Å²) in [4.78, 5) is 4.92. The van der Waals surface area contributed by atoms with Gasteiger partial charge in [-0.15, -0.1) is 15.7 Å². The maximum Gasteiger partial charge on any atom is 0.416 e. The summed E-state index contributed by atoms with van der Waals surface area (Å²) in [5, 5.41) is 20.6. The maximum atomic E-state index is 12.9. The van der Waals surface area contributed by atoms with Crippen molar-refractivity contribution in [3.05, 3.63) is 58.4 Å². The summed E-state index contributed by atoms with van der Waals surface area (Å²) >= 11 is 2.80. The second-order valence-corrected chi connectivity index (χ2v) is 9.82. The van der Waals surface area contributed by atoms with Crippen molar-refractivity contribution in [2.24, 2.45) is 4.99 Å². The molecule has 1 aromatic heterocycles. The third-order valence-corrected chi connectivity index (χ3v) is 7.47. The Kier molecular flexibility index (Phi) is 5.07. The Morgan fingerprint density at radius 2 is 2.09 bits per heavy atom. The van der Waals surface area contributed by atoms with Crippen molar-refractivity contribution in [2.75, 3.05) is 5.01 Å². The summed E-state index contributed by atoms with van der Waals surface area (Å²) in [5.41, 5.74) is 7.39. The summed E-state index contributed by atoms with van der Waals surface area (Å²) in [6, 6.07) is 7.13. The van der Waals surface area contributed by atoms with Gasteiger partial charge < -0.3 is 5.43 Å². The van der Waals surface area contributed by atoms with Gasteiger partial charge in [0.2, 0.25) is 0 Å². The van der Waals surface area contributed by atoms with Gasteiger partial charge >= 0.3 is 6.18 Å². The summed E-state index contributed by atoms with van der Waals surface area (Å²) in [6.07, 6.45) is -0.789. The fourth-order valence-corrected chi connectivity index (χ4v) is 5.70. The molecule has 0 atom stereocenters. The first kappa shape index (κ1) is 21.1. The Balaban J connectivity index is 1.35.